The van der Waals surface area contributed by atoms with Gasteiger partial charge in [-0.15, -0.1) is 24.8 Å². The van der Waals surface area contributed by atoms with Crippen molar-refractivity contribution in [1.29, 1.82) is 0 Å². The zero-order valence-corrected chi connectivity index (χ0v) is 21.9. The fraction of sp³-hybridized carbons (Fsp3) is 0.400. The second-order valence-corrected chi connectivity index (χ2v) is 8.78. The number of nitrogens with zero attached hydrogens (tertiary/aromatic N) is 4. The van der Waals surface area contributed by atoms with E-state index in [1.54, 1.807) is 26.2 Å². The van der Waals surface area contributed by atoms with Crippen LogP contribution >= 0.6 is 24.8 Å². The number of carbonyl (C=O) groups is 1. The molecule has 0 amide bonds. The first-order chi connectivity index (χ1) is 15.9. The second-order valence-electron chi connectivity index (χ2n) is 8.78. The van der Waals surface area contributed by atoms with Crippen LogP contribution in [0.1, 0.15) is 48.8 Å². The van der Waals surface area contributed by atoms with E-state index in [-0.39, 0.29) is 36.8 Å². The third-order valence-electron chi connectivity index (χ3n) is 6.26. The van der Waals surface area contributed by atoms with Crippen LogP contribution in [0, 0.1) is 5.92 Å². The number of benzene rings is 1. The molecular weight excluding hydrogens is 489 g/mol. The van der Waals surface area contributed by atoms with Gasteiger partial charge in [-0.05, 0) is 62.9 Å². The Labute approximate surface area is 216 Å². The first kappa shape index (κ1) is 26.8. The summed E-state index contributed by atoms with van der Waals surface area (Å²) in [6.07, 6.45) is 2.46. The minimum absolute atomic E-state index is 0. The maximum Gasteiger partial charge on any atom is 0.338 e. The van der Waals surface area contributed by atoms with Crippen molar-refractivity contribution in [3.63, 3.8) is 0 Å². The number of rotatable bonds is 7. The number of halogens is 2. The molecule has 3 aromatic heterocycles. The van der Waals surface area contributed by atoms with E-state index < -0.39 is 0 Å². The Morgan fingerprint density at radius 2 is 1.94 bits per heavy atom. The number of ether oxygens (including phenoxy) is 2. The van der Waals surface area contributed by atoms with Crippen molar-refractivity contribution in [1.82, 2.24) is 19.1 Å². The molecule has 4 aromatic rings. The number of nitrogens with two attached hydrogens (primary N) is 1. The van der Waals surface area contributed by atoms with Crippen molar-refractivity contribution >= 4 is 52.9 Å². The first-order valence-corrected chi connectivity index (χ1v) is 11.4. The van der Waals surface area contributed by atoms with Gasteiger partial charge in [-0.3, -0.25) is 0 Å². The van der Waals surface area contributed by atoms with Crippen LogP contribution in [0.2, 0.25) is 0 Å². The molecular formula is C25H31Cl2N5O3. The molecule has 0 aliphatic heterocycles. The summed E-state index contributed by atoms with van der Waals surface area (Å²) in [5.41, 5.74) is 10.8. The highest BCUT2D eigenvalue weighted by atomic mass is 35.5. The molecule has 1 fully saturated rings. The molecule has 188 valence electrons. The third kappa shape index (κ3) is 4.83. The molecule has 2 N–H and O–H groups in total. The Morgan fingerprint density at radius 1 is 1.20 bits per heavy atom. The Bertz CT molecular complexity index is 1370. The number of hydrogen-bond donors (Lipinski definition) is 1. The molecule has 10 heteroatoms. The van der Waals surface area contributed by atoms with E-state index in [0.29, 0.717) is 29.4 Å². The number of pyridine rings is 1. The predicted octanol–water partition coefficient (Wildman–Crippen LogP) is 5.05. The molecule has 0 spiro atoms. The van der Waals surface area contributed by atoms with E-state index >= 15 is 0 Å². The second kappa shape index (κ2) is 10.4. The van der Waals surface area contributed by atoms with Crippen molar-refractivity contribution in [2.45, 2.75) is 39.3 Å². The van der Waals surface area contributed by atoms with Gasteiger partial charge in [0.05, 0.1) is 36.2 Å². The summed E-state index contributed by atoms with van der Waals surface area (Å²) in [5, 5.41) is 1.06. The van der Waals surface area contributed by atoms with Crippen LogP contribution in [-0.4, -0.2) is 38.8 Å². The molecule has 1 atom stereocenters. The maximum atomic E-state index is 12.4. The van der Waals surface area contributed by atoms with Crippen molar-refractivity contribution in [2.24, 2.45) is 18.7 Å². The lowest BCUT2D eigenvalue weighted by atomic mass is 10.2. The summed E-state index contributed by atoms with van der Waals surface area (Å²) in [5.74, 6) is 1.64. The van der Waals surface area contributed by atoms with E-state index in [1.165, 1.54) is 12.8 Å². The number of hydrogen-bond acceptors (Lipinski definition) is 6. The van der Waals surface area contributed by atoms with Crippen LogP contribution in [0.15, 0.2) is 30.3 Å². The van der Waals surface area contributed by atoms with Crippen LogP contribution in [0.25, 0.3) is 33.6 Å². The molecule has 1 aliphatic carbocycles. The topological polar surface area (TPSA) is 97.2 Å². The van der Waals surface area contributed by atoms with Gasteiger partial charge in [0.25, 0.3) is 0 Å². The highest BCUT2D eigenvalue weighted by Crippen LogP contribution is 2.37. The van der Waals surface area contributed by atoms with Gasteiger partial charge in [0, 0.05) is 25.0 Å². The van der Waals surface area contributed by atoms with Gasteiger partial charge < -0.3 is 24.3 Å². The fourth-order valence-electron chi connectivity index (χ4n) is 4.35. The van der Waals surface area contributed by atoms with Crippen LogP contribution in [0.4, 0.5) is 0 Å². The predicted molar refractivity (Wildman–Crippen MR) is 142 cm³/mol. The third-order valence-corrected chi connectivity index (χ3v) is 6.26. The number of carbonyl (C=O) groups excluding carboxylic acids is 1. The average molecular weight is 520 g/mol. The monoisotopic (exact) mass is 519 g/mol. The van der Waals surface area contributed by atoms with Crippen molar-refractivity contribution < 1.29 is 14.3 Å². The number of fused-ring (bicyclic) bond motifs is 2. The standard InChI is InChI=1S/C25H29N5O3.2ClH/c1-5-33-25(31)17-10-19-22(21(12-17)32-4)29(3)24(28-19)20-11-16-8-9-18(14(2)26)27-23(16)30(20)13-15-6-7-15;;/h8-12,14-15H,5-7,13,26H2,1-4H3;2*1H/t14-;;/m1../s1. The van der Waals surface area contributed by atoms with Crippen LogP contribution in [0.3, 0.4) is 0 Å². The van der Waals surface area contributed by atoms with E-state index in [1.807, 2.05) is 24.6 Å². The van der Waals surface area contributed by atoms with Gasteiger partial charge in [-0.25, -0.2) is 14.8 Å². The Morgan fingerprint density at radius 3 is 2.57 bits per heavy atom. The SMILES string of the molecule is CCOC(=O)c1cc(OC)c2c(c1)nc(-c1cc3ccc([C@@H](C)N)nc3n1CC1CC1)n2C.Cl.Cl. The van der Waals surface area contributed by atoms with Gasteiger partial charge in [0.15, 0.2) is 5.82 Å². The normalized spacial score (nSPS) is 13.9. The van der Waals surface area contributed by atoms with E-state index in [0.717, 1.165) is 40.3 Å². The fourth-order valence-corrected chi connectivity index (χ4v) is 4.35. The minimum Gasteiger partial charge on any atom is -0.494 e. The van der Waals surface area contributed by atoms with E-state index in [2.05, 4.69) is 16.7 Å². The van der Waals surface area contributed by atoms with Crippen LogP contribution in [-0.2, 0) is 18.3 Å². The Hall–Kier alpha value is -2.81. The molecule has 0 saturated heterocycles. The summed E-state index contributed by atoms with van der Waals surface area (Å²) in [7, 11) is 3.57. The molecule has 8 nitrogen and oxygen atoms in total. The zero-order valence-electron chi connectivity index (χ0n) is 20.3. The number of aryl methyl sites for hydroxylation is 1. The quantitative estimate of drug-likeness (QED) is 0.343. The largest absolute Gasteiger partial charge is 0.494 e. The lowest BCUT2D eigenvalue weighted by Crippen LogP contribution is -2.09. The van der Waals surface area contributed by atoms with Gasteiger partial charge in [-0.1, -0.05) is 0 Å². The molecule has 1 aromatic carbocycles. The zero-order chi connectivity index (χ0) is 23.3. The van der Waals surface area contributed by atoms with E-state index in [4.69, 9.17) is 25.2 Å². The summed E-state index contributed by atoms with van der Waals surface area (Å²) in [6.45, 7) is 4.94. The van der Waals surface area contributed by atoms with Crippen molar-refractivity contribution in [3.05, 3.63) is 41.6 Å². The summed E-state index contributed by atoms with van der Waals surface area (Å²) < 4.78 is 15.1. The molecule has 3 heterocycles. The molecule has 1 aliphatic rings. The van der Waals surface area contributed by atoms with E-state index in [9.17, 15) is 4.79 Å². The summed E-state index contributed by atoms with van der Waals surface area (Å²) in [6, 6.07) is 9.54. The van der Waals surface area contributed by atoms with Gasteiger partial charge >= 0.3 is 5.97 Å². The smallest absolute Gasteiger partial charge is 0.338 e. The lowest BCUT2D eigenvalue weighted by Gasteiger charge is -2.11. The lowest BCUT2D eigenvalue weighted by molar-refractivity contribution is 0.0526. The van der Waals surface area contributed by atoms with Gasteiger partial charge in [0.1, 0.15) is 16.9 Å². The minimum atomic E-state index is -0.389. The van der Waals surface area contributed by atoms with Crippen molar-refractivity contribution in [2.75, 3.05) is 13.7 Å². The summed E-state index contributed by atoms with van der Waals surface area (Å²) >= 11 is 0. The van der Waals surface area contributed by atoms with Crippen molar-refractivity contribution in [3.8, 4) is 17.3 Å². The number of esters is 1. The Kier molecular flexibility index (Phi) is 7.99. The average Bonchev–Trinajstić information content (AvgIpc) is 3.47. The molecule has 0 bridgehead atoms. The summed E-state index contributed by atoms with van der Waals surface area (Å²) in [4.78, 5) is 22.2. The molecule has 0 unspecified atom stereocenters. The Balaban J connectivity index is 0.00000171. The van der Waals surface area contributed by atoms with Crippen LogP contribution in [0.5, 0.6) is 5.75 Å². The molecule has 5 rings (SSSR count). The van der Waals surface area contributed by atoms with Gasteiger partial charge in [0.2, 0.25) is 0 Å². The highest BCUT2D eigenvalue weighted by molar-refractivity contribution is 5.97. The first-order valence-electron chi connectivity index (χ1n) is 11.4. The molecule has 1 saturated carbocycles. The number of aromatic nitrogens is 4. The molecule has 0 radical (unpaired) electrons. The number of imidazole rings is 1. The number of methoxy groups -OCH3 is 1. The van der Waals surface area contributed by atoms with Gasteiger partial charge in [-0.2, -0.15) is 0 Å². The molecule has 35 heavy (non-hydrogen) atoms. The van der Waals surface area contributed by atoms with Crippen LogP contribution < -0.4 is 10.5 Å². The maximum absolute atomic E-state index is 12.4. The highest BCUT2D eigenvalue weighted by Gasteiger charge is 2.27.